The third-order valence-corrected chi connectivity index (χ3v) is 3.84. The van der Waals surface area contributed by atoms with E-state index >= 15 is 0 Å². The van der Waals surface area contributed by atoms with Crippen molar-refractivity contribution in [1.82, 2.24) is 0 Å². The van der Waals surface area contributed by atoms with Crippen LogP contribution in [0, 0.1) is 0 Å². The van der Waals surface area contributed by atoms with Gasteiger partial charge in [0, 0.05) is 19.3 Å². The van der Waals surface area contributed by atoms with E-state index in [0.29, 0.717) is 25.2 Å². The molecule has 0 saturated heterocycles. The highest BCUT2D eigenvalue weighted by Crippen LogP contribution is 2.35. The maximum Gasteiger partial charge on any atom is 0.0925 e. The van der Waals surface area contributed by atoms with Crippen LogP contribution in [0.4, 0.5) is 0 Å². The Hall–Kier alpha value is -1.20. The van der Waals surface area contributed by atoms with Gasteiger partial charge in [0.1, 0.15) is 0 Å². The van der Waals surface area contributed by atoms with E-state index in [4.69, 9.17) is 4.74 Å². The smallest absolute Gasteiger partial charge is 0.0925 e. The van der Waals surface area contributed by atoms with Gasteiger partial charge < -0.3 is 20.1 Å². The second-order valence-electron chi connectivity index (χ2n) is 5.45. The van der Waals surface area contributed by atoms with Gasteiger partial charge in [-0.2, -0.15) is 0 Å². The van der Waals surface area contributed by atoms with E-state index in [1.807, 2.05) is 30.3 Å². The van der Waals surface area contributed by atoms with E-state index in [9.17, 15) is 15.3 Å². The van der Waals surface area contributed by atoms with E-state index in [0.717, 1.165) is 5.56 Å². The average Bonchev–Trinajstić information content (AvgIpc) is 2.42. The van der Waals surface area contributed by atoms with Crippen LogP contribution in [0.1, 0.15) is 24.8 Å². The Kier molecular flexibility index (Phi) is 4.94. The molecule has 110 valence electrons. The molecule has 20 heavy (non-hydrogen) atoms. The molecule has 3 atom stereocenters. The van der Waals surface area contributed by atoms with Crippen LogP contribution in [-0.2, 0) is 11.3 Å². The van der Waals surface area contributed by atoms with Gasteiger partial charge in [-0.15, -0.1) is 0 Å². The van der Waals surface area contributed by atoms with Crippen LogP contribution in [0.2, 0.25) is 0 Å². The summed E-state index contributed by atoms with van der Waals surface area (Å²) in [6, 6.07) is 9.79. The molecule has 4 heteroatoms. The lowest BCUT2D eigenvalue weighted by Gasteiger charge is -2.39. The summed E-state index contributed by atoms with van der Waals surface area (Å²) in [5.41, 5.74) is 0.210. The Morgan fingerprint density at radius 2 is 1.95 bits per heavy atom. The molecule has 0 bridgehead atoms. The van der Waals surface area contributed by atoms with E-state index in [-0.39, 0.29) is 12.8 Å². The summed E-state index contributed by atoms with van der Waals surface area (Å²) in [6.45, 7) is 4.58. The van der Waals surface area contributed by atoms with Crippen molar-refractivity contribution >= 4 is 0 Å². The Bertz CT molecular complexity index is 445. The van der Waals surface area contributed by atoms with Gasteiger partial charge in [0.2, 0.25) is 0 Å². The van der Waals surface area contributed by atoms with Crippen molar-refractivity contribution in [1.29, 1.82) is 0 Å². The van der Waals surface area contributed by atoms with E-state index in [1.165, 1.54) is 0 Å². The molecule has 1 saturated carbocycles. The van der Waals surface area contributed by atoms with Crippen molar-refractivity contribution in [3.05, 3.63) is 48.0 Å². The molecule has 1 aromatic carbocycles. The Morgan fingerprint density at radius 1 is 1.25 bits per heavy atom. The molecule has 3 N–H and O–H groups in total. The summed E-state index contributed by atoms with van der Waals surface area (Å²) < 4.78 is 5.54. The lowest BCUT2D eigenvalue weighted by atomic mass is 9.76. The minimum atomic E-state index is -1.24. The van der Waals surface area contributed by atoms with Crippen LogP contribution in [-0.4, -0.2) is 39.7 Å². The highest BCUT2D eigenvalue weighted by molar-refractivity contribution is 5.21. The molecule has 2 rings (SSSR count). The van der Waals surface area contributed by atoms with Gasteiger partial charge >= 0.3 is 0 Å². The van der Waals surface area contributed by atoms with Gasteiger partial charge in [-0.1, -0.05) is 36.9 Å². The molecular weight excluding hydrogens is 256 g/mol. The first kappa shape index (κ1) is 15.2. The second-order valence-corrected chi connectivity index (χ2v) is 5.45. The Morgan fingerprint density at radius 3 is 2.65 bits per heavy atom. The number of rotatable bonds is 5. The molecule has 1 fully saturated rings. The molecule has 1 aliphatic rings. The van der Waals surface area contributed by atoms with Crippen molar-refractivity contribution in [3.63, 3.8) is 0 Å². The van der Waals surface area contributed by atoms with Crippen LogP contribution >= 0.6 is 0 Å². The zero-order chi connectivity index (χ0) is 14.6. The number of aliphatic hydroxyl groups excluding tert-OH is 2. The fraction of sp³-hybridized carbons (Fsp3) is 0.500. The summed E-state index contributed by atoms with van der Waals surface area (Å²) in [7, 11) is 0. The number of aliphatic hydroxyl groups is 3. The molecule has 4 nitrogen and oxygen atoms in total. The zero-order valence-electron chi connectivity index (χ0n) is 11.5. The predicted octanol–water partition coefficient (Wildman–Crippen LogP) is 1.40. The normalized spacial score (nSPS) is 30.4. The molecule has 0 aromatic heterocycles. The van der Waals surface area contributed by atoms with E-state index < -0.39 is 17.8 Å². The van der Waals surface area contributed by atoms with Crippen LogP contribution in [0.25, 0.3) is 0 Å². The third kappa shape index (κ3) is 3.67. The third-order valence-electron chi connectivity index (χ3n) is 3.84. The van der Waals surface area contributed by atoms with E-state index in [1.54, 1.807) is 0 Å². The molecule has 0 radical (unpaired) electrons. The Labute approximate surface area is 119 Å². The molecule has 0 aliphatic heterocycles. The number of hydrogen-bond donors (Lipinski definition) is 3. The monoisotopic (exact) mass is 278 g/mol. The van der Waals surface area contributed by atoms with Gasteiger partial charge in [0.15, 0.2) is 0 Å². The maximum absolute atomic E-state index is 10.5. The summed E-state index contributed by atoms with van der Waals surface area (Å²) in [5.74, 6) is 0. The number of benzene rings is 1. The topological polar surface area (TPSA) is 69.9 Å². The second kappa shape index (κ2) is 6.50. The minimum Gasteiger partial charge on any atom is -0.393 e. The van der Waals surface area contributed by atoms with Gasteiger partial charge in [-0.3, -0.25) is 0 Å². The lowest BCUT2D eigenvalue weighted by Crippen LogP contribution is -2.46. The summed E-state index contributed by atoms with van der Waals surface area (Å²) in [4.78, 5) is 0. The van der Waals surface area contributed by atoms with Crippen LogP contribution in [0.5, 0.6) is 0 Å². The fourth-order valence-electron chi connectivity index (χ4n) is 2.58. The zero-order valence-corrected chi connectivity index (χ0v) is 11.5. The highest BCUT2D eigenvalue weighted by atomic mass is 16.5. The molecule has 0 amide bonds. The first-order chi connectivity index (χ1) is 9.51. The Balaban J connectivity index is 1.81. The van der Waals surface area contributed by atoms with Gasteiger partial charge in [0.05, 0.1) is 31.0 Å². The first-order valence-corrected chi connectivity index (χ1v) is 6.91. The molecule has 0 spiro atoms. The lowest BCUT2D eigenvalue weighted by molar-refractivity contribution is -0.0594. The molecule has 1 aliphatic carbocycles. The fourth-order valence-corrected chi connectivity index (χ4v) is 2.58. The highest BCUT2D eigenvalue weighted by Gasteiger charge is 2.41. The summed E-state index contributed by atoms with van der Waals surface area (Å²) in [6.07, 6.45) is -0.774. The maximum atomic E-state index is 10.5. The van der Waals surface area contributed by atoms with Crippen molar-refractivity contribution < 1.29 is 20.1 Å². The largest absolute Gasteiger partial charge is 0.393 e. The molecule has 0 heterocycles. The van der Waals surface area contributed by atoms with E-state index in [2.05, 4.69) is 6.58 Å². The summed E-state index contributed by atoms with van der Waals surface area (Å²) in [5, 5.41) is 29.9. The van der Waals surface area contributed by atoms with Crippen molar-refractivity contribution in [2.45, 2.75) is 43.7 Å². The van der Waals surface area contributed by atoms with Crippen molar-refractivity contribution in [3.8, 4) is 0 Å². The summed E-state index contributed by atoms with van der Waals surface area (Å²) >= 11 is 0. The van der Waals surface area contributed by atoms with Crippen LogP contribution in [0.15, 0.2) is 42.5 Å². The first-order valence-electron chi connectivity index (χ1n) is 6.91. The minimum absolute atomic E-state index is 0.206. The van der Waals surface area contributed by atoms with Crippen molar-refractivity contribution in [2.75, 3.05) is 6.61 Å². The molecular formula is C16H22O4. The predicted molar refractivity (Wildman–Crippen MR) is 76.1 cm³/mol. The van der Waals surface area contributed by atoms with Gasteiger partial charge in [-0.25, -0.2) is 0 Å². The SMILES string of the molecule is C=C1[C@H](O)C[C@H](O)C[C@@]1(O)CCOCc1ccccc1. The molecule has 1 aromatic rings. The number of ether oxygens (including phenoxy) is 1. The average molecular weight is 278 g/mol. The van der Waals surface area contributed by atoms with Crippen molar-refractivity contribution in [2.24, 2.45) is 0 Å². The van der Waals surface area contributed by atoms with Crippen LogP contribution < -0.4 is 0 Å². The standard InChI is InChI=1S/C16H22O4/c1-12-15(18)9-14(17)10-16(12,19)7-8-20-11-13-5-3-2-4-6-13/h2-6,14-15,17-19H,1,7-11H2/t14-,15+,16-/m0/s1. The van der Waals surface area contributed by atoms with Gasteiger partial charge in [-0.05, 0) is 11.1 Å². The quantitative estimate of drug-likeness (QED) is 0.562. The van der Waals surface area contributed by atoms with Gasteiger partial charge in [0.25, 0.3) is 0 Å². The molecule has 0 unspecified atom stereocenters. The van der Waals surface area contributed by atoms with Crippen LogP contribution in [0.3, 0.4) is 0 Å². The number of hydrogen-bond acceptors (Lipinski definition) is 4.